The molecule has 1 aliphatic rings. The molecule has 1 fully saturated rings. The Balaban J connectivity index is 2.22. The van der Waals surface area contributed by atoms with E-state index >= 15 is 0 Å². The quantitative estimate of drug-likeness (QED) is 0.809. The highest BCUT2D eigenvalue weighted by atomic mass is 16.5. The number of rotatable bonds is 4. The molecule has 3 rings (SSSR count). The topological polar surface area (TPSA) is 57.5 Å². The van der Waals surface area contributed by atoms with Crippen LogP contribution in [-0.2, 0) is 16.0 Å². The fourth-order valence-electron chi connectivity index (χ4n) is 3.56. The van der Waals surface area contributed by atoms with Crippen molar-refractivity contribution in [1.29, 1.82) is 0 Å². The van der Waals surface area contributed by atoms with E-state index in [0.29, 0.717) is 29.5 Å². The lowest BCUT2D eigenvalue weighted by molar-refractivity contribution is 0.0528. The van der Waals surface area contributed by atoms with Gasteiger partial charge >= 0.3 is 5.97 Å². The van der Waals surface area contributed by atoms with Crippen molar-refractivity contribution < 1.29 is 14.3 Å². The highest BCUT2D eigenvalue weighted by molar-refractivity contribution is 6.06. The van der Waals surface area contributed by atoms with Crippen molar-refractivity contribution in [2.45, 2.75) is 46.3 Å². The molecule has 2 heterocycles. The van der Waals surface area contributed by atoms with Crippen LogP contribution < -0.4 is 5.43 Å². The monoisotopic (exact) mass is 329 g/mol. The molecule has 0 N–H and O–H groups in total. The lowest BCUT2D eigenvalue weighted by atomic mass is 10.1. The smallest absolute Gasteiger partial charge is 0.338 e. The first-order chi connectivity index (χ1) is 11.5. The minimum atomic E-state index is -0.393. The number of hydrogen-bond acceptors (Lipinski definition) is 4. The fraction of sp³-hybridized carbons (Fsp3) is 0.474. The van der Waals surface area contributed by atoms with Crippen molar-refractivity contribution in [2.75, 3.05) is 13.2 Å². The number of aryl methyl sites for hydroxylation is 2. The normalized spacial score (nSPS) is 17.4. The van der Waals surface area contributed by atoms with Gasteiger partial charge in [-0.15, -0.1) is 0 Å². The van der Waals surface area contributed by atoms with Gasteiger partial charge in [-0.3, -0.25) is 4.79 Å². The Morgan fingerprint density at radius 1 is 1.29 bits per heavy atom. The summed E-state index contributed by atoms with van der Waals surface area (Å²) >= 11 is 0. The van der Waals surface area contributed by atoms with Gasteiger partial charge in [0.25, 0.3) is 0 Å². The SMILES string of the molecule is CCOC(=O)c1cccc(=O)c2c(C)n(C[C@H]3CCCO3)c(C)c12. The molecule has 0 aliphatic carbocycles. The maximum Gasteiger partial charge on any atom is 0.338 e. The van der Waals surface area contributed by atoms with Crippen LogP contribution in [0.2, 0.25) is 0 Å². The third-order valence-electron chi connectivity index (χ3n) is 4.72. The summed E-state index contributed by atoms with van der Waals surface area (Å²) < 4.78 is 13.0. The molecule has 1 atom stereocenters. The molecule has 0 saturated carbocycles. The Morgan fingerprint density at radius 2 is 2.04 bits per heavy atom. The molecule has 1 aromatic carbocycles. The molecule has 5 heteroatoms. The van der Waals surface area contributed by atoms with Crippen LogP contribution in [0.5, 0.6) is 0 Å². The fourth-order valence-corrected chi connectivity index (χ4v) is 3.56. The molecular formula is C19H23NO4. The van der Waals surface area contributed by atoms with Gasteiger partial charge in [-0.2, -0.15) is 0 Å². The number of esters is 1. The second-order valence-corrected chi connectivity index (χ2v) is 6.19. The average molecular weight is 329 g/mol. The van der Waals surface area contributed by atoms with Crippen LogP contribution in [0.1, 0.15) is 41.5 Å². The summed E-state index contributed by atoms with van der Waals surface area (Å²) in [6, 6.07) is 4.80. The molecule has 1 aliphatic heterocycles. The average Bonchev–Trinajstić information content (AvgIpc) is 3.09. The van der Waals surface area contributed by atoms with Gasteiger partial charge in [-0.25, -0.2) is 4.79 Å². The van der Waals surface area contributed by atoms with Crippen LogP contribution in [0.25, 0.3) is 10.8 Å². The van der Waals surface area contributed by atoms with Gasteiger partial charge in [0.15, 0.2) is 5.43 Å². The largest absolute Gasteiger partial charge is 0.462 e. The second-order valence-electron chi connectivity index (χ2n) is 6.19. The van der Waals surface area contributed by atoms with Gasteiger partial charge in [0, 0.05) is 29.9 Å². The summed E-state index contributed by atoms with van der Waals surface area (Å²) in [5.41, 5.74) is 2.16. The van der Waals surface area contributed by atoms with E-state index in [0.717, 1.165) is 30.8 Å². The van der Waals surface area contributed by atoms with Crippen molar-refractivity contribution >= 4 is 16.7 Å². The van der Waals surface area contributed by atoms with Crippen molar-refractivity contribution in [3.63, 3.8) is 0 Å². The molecule has 1 saturated heterocycles. The Labute approximate surface area is 141 Å². The number of aromatic nitrogens is 1. The number of nitrogens with zero attached hydrogens (tertiary/aromatic N) is 1. The van der Waals surface area contributed by atoms with Gasteiger partial charge in [-0.1, -0.05) is 6.07 Å². The predicted molar refractivity (Wildman–Crippen MR) is 92.6 cm³/mol. The summed E-state index contributed by atoms with van der Waals surface area (Å²) in [7, 11) is 0. The number of hydrogen-bond donors (Lipinski definition) is 0. The molecule has 2 aromatic rings. The Kier molecular flexibility index (Phi) is 4.71. The minimum Gasteiger partial charge on any atom is -0.462 e. The van der Waals surface area contributed by atoms with E-state index in [1.807, 2.05) is 13.8 Å². The third kappa shape index (κ3) is 2.84. The van der Waals surface area contributed by atoms with Crippen LogP contribution in [0.3, 0.4) is 0 Å². The molecule has 24 heavy (non-hydrogen) atoms. The van der Waals surface area contributed by atoms with E-state index in [2.05, 4.69) is 4.57 Å². The minimum absolute atomic E-state index is 0.0766. The van der Waals surface area contributed by atoms with Crippen LogP contribution in [0.15, 0.2) is 23.0 Å². The second kappa shape index (κ2) is 6.77. The molecule has 5 nitrogen and oxygen atoms in total. The first-order valence-electron chi connectivity index (χ1n) is 8.46. The zero-order valence-electron chi connectivity index (χ0n) is 14.4. The predicted octanol–water partition coefficient (Wildman–Crippen LogP) is 2.97. The Morgan fingerprint density at radius 3 is 2.71 bits per heavy atom. The summed E-state index contributed by atoms with van der Waals surface area (Å²) in [4.78, 5) is 24.9. The first kappa shape index (κ1) is 16.7. The van der Waals surface area contributed by atoms with Crippen molar-refractivity contribution in [3.8, 4) is 0 Å². The van der Waals surface area contributed by atoms with E-state index in [9.17, 15) is 9.59 Å². The van der Waals surface area contributed by atoms with Crippen molar-refractivity contribution in [1.82, 2.24) is 4.57 Å². The summed E-state index contributed by atoms with van der Waals surface area (Å²) in [6.45, 7) is 7.46. The molecular weight excluding hydrogens is 306 g/mol. The lowest BCUT2D eigenvalue weighted by Crippen LogP contribution is -2.17. The number of fused-ring (bicyclic) bond motifs is 1. The number of carbonyl (C=O) groups excluding carboxylic acids is 1. The lowest BCUT2D eigenvalue weighted by Gasteiger charge is -2.14. The molecule has 128 valence electrons. The highest BCUT2D eigenvalue weighted by Crippen LogP contribution is 2.28. The highest BCUT2D eigenvalue weighted by Gasteiger charge is 2.23. The molecule has 0 amide bonds. The van der Waals surface area contributed by atoms with Gasteiger partial charge in [0.05, 0.1) is 23.7 Å². The van der Waals surface area contributed by atoms with Crippen molar-refractivity contribution in [2.24, 2.45) is 0 Å². The molecule has 0 bridgehead atoms. The van der Waals surface area contributed by atoms with Crippen LogP contribution >= 0.6 is 0 Å². The Bertz CT molecular complexity index is 831. The van der Waals surface area contributed by atoms with E-state index in [4.69, 9.17) is 9.47 Å². The zero-order valence-corrected chi connectivity index (χ0v) is 14.4. The standard InChI is InChI=1S/C19H23NO4/c1-4-23-19(22)15-8-5-9-16(21)18-13(3)20(12(2)17(15)18)11-14-7-6-10-24-14/h5,8-9,14H,4,6-7,10-11H2,1-3H3/t14-/m1/s1. The van der Waals surface area contributed by atoms with Crippen LogP contribution in [-0.4, -0.2) is 29.9 Å². The van der Waals surface area contributed by atoms with Crippen LogP contribution in [0.4, 0.5) is 0 Å². The molecule has 1 aromatic heterocycles. The number of carbonyl (C=O) groups is 1. The van der Waals surface area contributed by atoms with Gasteiger partial charge in [0.2, 0.25) is 0 Å². The van der Waals surface area contributed by atoms with Crippen molar-refractivity contribution in [3.05, 3.63) is 45.4 Å². The molecule has 0 radical (unpaired) electrons. The van der Waals surface area contributed by atoms with Gasteiger partial charge in [-0.05, 0) is 45.7 Å². The first-order valence-corrected chi connectivity index (χ1v) is 8.46. The summed E-state index contributed by atoms with van der Waals surface area (Å²) in [5, 5.41) is 1.29. The van der Waals surface area contributed by atoms with E-state index in [-0.39, 0.29) is 11.5 Å². The zero-order chi connectivity index (χ0) is 17.3. The Hall–Kier alpha value is -2.14. The summed E-state index contributed by atoms with van der Waals surface area (Å²) in [5.74, 6) is -0.393. The maximum absolute atomic E-state index is 12.5. The number of ether oxygens (including phenoxy) is 2. The molecule has 0 unspecified atom stereocenters. The van der Waals surface area contributed by atoms with E-state index < -0.39 is 5.97 Å². The van der Waals surface area contributed by atoms with Gasteiger partial charge < -0.3 is 14.0 Å². The summed E-state index contributed by atoms with van der Waals surface area (Å²) in [6.07, 6.45) is 2.26. The van der Waals surface area contributed by atoms with Gasteiger partial charge in [0.1, 0.15) is 0 Å². The van der Waals surface area contributed by atoms with Crippen LogP contribution in [0, 0.1) is 13.8 Å². The van der Waals surface area contributed by atoms with E-state index in [1.54, 1.807) is 19.1 Å². The van der Waals surface area contributed by atoms with E-state index in [1.165, 1.54) is 6.07 Å². The maximum atomic E-state index is 12.5. The third-order valence-corrected chi connectivity index (χ3v) is 4.72. The molecule has 0 spiro atoms.